The molecule has 0 aliphatic heterocycles. The zero-order chi connectivity index (χ0) is 15.2. The Bertz CT molecular complexity index is 624. The summed E-state index contributed by atoms with van der Waals surface area (Å²) in [7, 11) is 0. The number of carbonyl (C=O) groups is 2. The molecule has 3 N–H and O–H groups in total. The molecule has 108 valence electrons. The largest absolute Gasteiger partial charge is 0.480 e. The second-order valence-electron chi connectivity index (χ2n) is 4.60. The van der Waals surface area contributed by atoms with Crippen molar-refractivity contribution in [2.45, 2.75) is 13.0 Å². The molecule has 1 atom stereocenters. The standard InChI is InChI=1S/C16H16N2O3/c1-11(15(19)20)17-16(21)18-14-9-7-13(8-10-14)12-5-3-2-4-6-12/h2-11H,1H3,(H,19,20)(H2,17,18,21)/t11-/m1/s1. The molecule has 5 nitrogen and oxygen atoms in total. The highest BCUT2D eigenvalue weighted by atomic mass is 16.4. The monoisotopic (exact) mass is 284 g/mol. The van der Waals surface area contributed by atoms with E-state index in [4.69, 9.17) is 5.11 Å². The molecule has 2 aromatic rings. The number of aliphatic carboxylic acids is 1. The Kier molecular flexibility index (Phi) is 4.56. The van der Waals surface area contributed by atoms with Crippen molar-refractivity contribution < 1.29 is 14.7 Å². The molecule has 0 radical (unpaired) electrons. The fourth-order valence-corrected chi connectivity index (χ4v) is 1.80. The number of anilines is 1. The van der Waals surface area contributed by atoms with Crippen LogP contribution in [0.3, 0.4) is 0 Å². The minimum Gasteiger partial charge on any atom is -0.480 e. The van der Waals surface area contributed by atoms with Gasteiger partial charge in [0.15, 0.2) is 0 Å². The van der Waals surface area contributed by atoms with Crippen LogP contribution in [0, 0.1) is 0 Å². The van der Waals surface area contributed by atoms with Crippen LogP contribution in [0.15, 0.2) is 54.6 Å². The van der Waals surface area contributed by atoms with Crippen LogP contribution in [0.4, 0.5) is 10.5 Å². The maximum Gasteiger partial charge on any atom is 0.325 e. The van der Waals surface area contributed by atoms with Crippen molar-refractivity contribution in [2.75, 3.05) is 5.32 Å². The Morgan fingerprint density at radius 3 is 2.10 bits per heavy atom. The molecular weight excluding hydrogens is 268 g/mol. The summed E-state index contributed by atoms with van der Waals surface area (Å²) in [5, 5.41) is 13.6. The van der Waals surface area contributed by atoms with E-state index in [-0.39, 0.29) is 0 Å². The van der Waals surface area contributed by atoms with Crippen molar-refractivity contribution in [3.63, 3.8) is 0 Å². The summed E-state index contributed by atoms with van der Waals surface area (Å²) in [6.45, 7) is 1.40. The highest BCUT2D eigenvalue weighted by Gasteiger charge is 2.13. The Labute approximate surface area is 122 Å². The fraction of sp³-hybridized carbons (Fsp3) is 0.125. The zero-order valence-corrected chi connectivity index (χ0v) is 11.5. The number of hydrogen-bond acceptors (Lipinski definition) is 2. The predicted octanol–water partition coefficient (Wildman–Crippen LogP) is 2.95. The molecule has 0 spiro atoms. The van der Waals surface area contributed by atoms with E-state index < -0.39 is 18.0 Å². The van der Waals surface area contributed by atoms with Crippen molar-refractivity contribution >= 4 is 17.7 Å². The third-order valence-corrected chi connectivity index (χ3v) is 2.97. The molecule has 2 aromatic carbocycles. The Morgan fingerprint density at radius 1 is 0.952 bits per heavy atom. The molecule has 0 aromatic heterocycles. The van der Waals surface area contributed by atoms with Gasteiger partial charge in [0.1, 0.15) is 6.04 Å². The van der Waals surface area contributed by atoms with E-state index in [1.165, 1.54) is 6.92 Å². The van der Waals surface area contributed by atoms with Crippen LogP contribution in [0.2, 0.25) is 0 Å². The van der Waals surface area contributed by atoms with E-state index in [1.54, 1.807) is 12.1 Å². The number of nitrogens with one attached hydrogen (secondary N) is 2. The lowest BCUT2D eigenvalue weighted by Gasteiger charge is -2.11. The van der Waals surface area contributed by atoms with Crippen LogP contribution in [-0.2, 0) is 4.79 Å². The summed E-state index contributed by atoms with van der Waals surface area (Å²) < 4.78 is 0. The van der Waals surface area contributed by atoms with Gasteiger partial charge in [0, 0.05) is 5.69 Å². The predicted molar refractivity (Wildman–Crippen MR) is 81.1 cm³/mol. The van der Waals surface area contributed by atoms with Gasteiger partial charge in [0.2, 0.25) is 0 Å². The van der Waals surface area contributed by atoms with Gasteiger partial charge in [0.25, 0.3) is 0 Å². The molecule has 0 fully saturated rings. The summed E-state index contributed by atoms with van der Waals surface area (Å²) >= 11 is 0. The summed E-state index contributed by atoms with van der Waals surface area (Å²) in [6.07, 6.45) is 0. The van der Waals surface area contributed by atoms with Gasteiger partial charge in [-0.15, -0.1) is 0 Å². The van der Waals surface area contributed by atoms with Gasteiger partial charge in [-0.1, -0.05) is 42.5 Å². The average molecular weight is 284 g/mol. The lowest BCUT2D eigenvalue weighted by Crippen LogP contribution is -2.40. The van der Waals surface area contributed by atoms with E-state index in [1.807, 2.05) is 42.5 Å². The quantitative estimate of drug-likeness (QED) is 0.807. The van der Waals surface area contributed by atoms with Crippen molar-refractivity contribution in [3.05, 3.63) is 54.6 Å². The van der Waals surface area contributed by atoms with E-state index in [2.05, 4.69) is 10.6 Å². The highest BCUT2D eigenvalue weighted by molar-refractivity contribution is 5.92. The number of amides is 2. The number of benzene rings is 2. The average Bonchev–Trinajstić information content (AvgIpc) is 2.48. The molecule has 21 heavy (non-hydrogen) atoms. The number of carbonyl (C=O) groups excluding carboxylic acids is 1. The van der Waals surface area contributed by atoms with Crippen molar-refractivity contribution in [1.82, 2.24) is 5.32 Å². The first-order chi connectivity index (χ1) is 10.1. The number of hydrogen-bond donors (Lipinski definition) is 3. The third kappa shape index (κ3) is 4.07. The van der Waals surface area contributed by atoms with Crippen molar-refractivity contribution in [1.29, 1.82) is 0 Å². The summed E-state index contributed by atoms with van der Waals surface area (Å²) in [6, 6.07) is 15.7. The smallest absolute Gasteiger partial charge is 0.325 e. The van der Waals surface area contributed by atoms with E-state index in [0.717, 1.165) is 11.1 Å². The first-order valence-electron chi connectivity index (χ1n) is 6.52. The zero-order valence-electron chi connectivity index (χ0n) is 11.5. The molecule has 0 saturated heterocycles. The first kappa shape index (κ1) is 14.6. The molecule has 0 bridgehead atoms. The summed E-state index contributed by atoms with van der Waals surface area (Å²) in [5.41, 5.74) is 2.73. The minimum absolute atomic E-state index is 0.544. The second kappa shape index (κ2) is 6.56. The van der Waals surface area contributed by atoms with Crippen molar-refractivity contribution in [2.24, 2.45) is 0 Å². The Morgan fingerprint density at radius 2 is 1.52 bits per heavy atom. The molecule has 0 aliphatic carbocycles. The molecular formula is C16H16N2O3. The molecule has 0 saturated carbocycles. The highest BCUT2D eigenvalue weighted by Crippen LogP contribution is 2.20. The number of rotatable bonds is 4. The maximum absolute atomic E-state index is 11.6. The van der Waals surface area contributed by atoms with Crippen LogP contribution in [0.1, 0.15) is 6.92 Å². The molecule has 0 unspecified atom stereocenters. The SMILES string of the molecule is C[C@@H](NC(=O)Nc1ccc(-c2ccccc2)cc1)C(=O)O. The normalized spacial score (nSPS) is 11.5. The van der Waals surface area contributed by atoms with Gasteiger partial charge in [-0.05, 0) is 30.2 Å². The summed E-state index contributed by atoms with van der Waals surface area (Å²) in [5.74, 6) is -1.08. The number of carboxylic acid groups (broad SMARTS) is 1. The number of carboxylic acids is 1. The van der Waals surface area contributed by atoms with E-state index >= 15 is 0 Å². The van der Waals surface area contributed by atoms with Crippen LogP contribution in [0.5, 0.6) is 0 Å². The first-order valence-corrected chi connectivity index (χ1v) is 6.52. The third-order valence-electron chi connectivity index (χ3n) is 2.97. The summed E-state index contributed by atoms with van der Waals surface area (Å²) in [4.78, 5) is 22.2. The second-order valence-corrected chi connectivity index (χ2v) is 4.60. The van der Waals surface area contributed by atoms with Gasteiger partial charge in [-0.25, -0.2) is 4.79 Å². The molecule has 5 heteroatoms. The maximum atomic E-state index is 11.6. The van der Waals surface area contributed by atoms with Gasteiger partial charge in [-0.2, -0.15) is 0 Å². The van der Waals surface area contributed by atoms with Crippen LogP contribution in [-0.4, -0.2) is 23.1 Å². The number of urea groups is 1. The topological polar surface area (TPSA) is 78.4 Å². The lowest BCUT2D eigenvalue weighted by molar-refractivity contribution is -0.138. The fourth-order valence-electron chi connectivity index (χ4n) is 1.80. The van der Waals surface area contributed by atoms with Crippen LogP contribution < -0.4 is 10.6 Å². The molecule has 2 rings (SSSR count). The van der Waals surface area contributed by atoms with E-state index in [0.29, 0.717) is 5.69 Å². The van der Waals surface area contributed by atoms with Crippen LogP contribution >= 0.6 is 0 Å². The van der Waals surface area contributed by atoms with Gasteiger partial charge >= 0.3 is 12.0 Å². The molecule has 2 amide bonds. The van der Waals surface area contributed by atoms with Crippen molar-refractivity contribution in [3.8, 4) is 11.1 Å². The molecule has 0 heterocycles. The van der Waals surface area contributed by atoms with Gasteiger partial charge in [-0.3, -0.25) is 4.79 Å². The Balaban J connectivity index is 2.00. The van der Waals surface area contributed by atoms with Gasteiger partial charge < -0.3 is 15.7 Å². The van der Waals surface area contributed by atoms with Crippen LogP contribution in [0.25, 0.3) is 11.1 Å². The van der Waals surface area contributed by atoms with E-state index in [9.17, 15) is 9.59 Å². The Hall–Kier alpha value is -2.82. The molecule has 0 aliphatic rings. The minimum atomic E-state index is -1.08. The van der Waals surface area contributed by atoms with Gasteiger partial charge in [0.05, 0.1) is 0 Å². The lowest BCUT2D eigenvalue weighted by atomic mass is 10.1.